The number of piperidine rings is 1. The number of carbonyl (C=O) groups excluding carboxylic acids is 1. The summed E-state index contributed by atoms with van der Waals surface area (Å²) < 4.78 is 0. The summed E-state index contributed by atoms with van der Waals surface area (Å²) in [5, 5.41) is 0. The van der Waals surface area contributed by atoms with Crippen LogP contribution in [0.3, 0.4) is 0 Å². The van der Waals surface area contributed by atoms with E-state index in [1.165, 1.54) is 0 Å². The third-order valence-corrected chi connectivity index (χ3v) is 3.52. The Morgan fingerprint density at radius 3 is 2.79 bits per heavy atom. The molecule has 80 valence electrons. The smallest absolute Gasteiger partial charge is 0.232 e. The number of nitrogens with zero attached hydrogens (tertiary/aromatic N) is 1. The predicted octanol–water partition coefficient (Wildman–Crippen LogP) is 2.16. The number of likely N-dealkylation sites (tertiary alicyclic amines) is 1. The van der Waals surface area contributed by atoms with Gasteiger partial charge in [0.2, 0.25) is 5.91 Å². The molecule has 1 amide bonds. The normalized spacial score (nSPS) is 18.2. The molecule has 0 aromatic carbocycles. The van der Waals surface area contributed by atoms with Crippen LogP contribution in [0.5, 0.6) is 0 Å². The lowest BCUT2D eigenvalue weighted by Gasteiger charge is -2.30. The second-order valence-electron chi connectivity index (χ2n) is 3.87. The van der Waals surface area contributed by atoms with Crippen LogP contribution in [0.15, 0.2) is 12.7 Å². The fraction of sp³-hybridized carbons (Fsp3) is 0.727. The molecule has 0 aromatic rings. The zero-order valence-electron chi connectivity index (χ0n) is 8.87. The first-order valence-electron chi connectivity index (χ1n) is 5.20. The Hall–Kier alpha value is -0.440. The van der Waals surface area contributed by atoms with Crippen LogP contribution in [0.2, 0.25) is 0 Å². The molecule has 14 heavy (non-hydrogen) atoms. The molecular formula is C11H19NOS. The van der Waals surface area contributed by atoms with Crippen LogP contribution in [-0.2, 0) is 4.79 Å². The lowest BCUT2D eigenvalue weighted by molar-refractivity contribution is -0.129. The Kier molecular flexibility index (Phi) is 5.09. The number of hydrogen-bond donors (Lipinski definition) is 0. The zero-order valence-corrected chi connectivity index (χ0v) is 9.68. The van der Waals surface area contributed by atoms with E-state index in [-0.39, 0.29) is 0 Å². The summed E-state index contributed by atoms with van der Waals surface area (Å²) in [6, 6.07) is 0. The second-order valence-corrected chi connectivity index (χ2v) is 4.90. The van der Waals surface area contributed by atoms with Gasteiger partial charge in [0.15, 0.2) is 0 Å². The number of rotatable bonds is 4. The Morgan fingerprint density at radius 2 is 2.21 bits per heavy atom. The van der Waals surface area contributed by atoms with Gasteiger partial charge in [-0.05, 0) is 18.8 Å². The minimum absolute atomic E-state index is 0.295. The van der Waals surface area contributed by atoms with Gasteiger partial charge in [-0.1, -0.05) is 13.0 Å². The van der Waals surface area contributed by atoms with E-state index in [1.54, 1.807) is 11.8 Å². The van der Waals surface area contributed by atoms with Gasteiger partial charge in [0, 0.05) is 18.8 Å². The standard InChI is InChI=1S/C11H19NOS/c1-3-8-14-9-11(13)12-6-4-10(2)5-7-12/h3,10H,1,4-9H2,2H3. The quantitative estimate of drug-likeness (QED) is 0.527. The van der Waals surface area contributed by atoms with E-state index in [0.717, 1.165) is 37.6 Å². The Bertz CT molecular complexity index is 197. The minimum atomic E-state index is 0.295. The second kappa shape index (κ2) is 6.12. The first kappa shape index (κ1) is 11.6. The van der Waals surface area contributed by atoms with Crippen LogP contribution in [0, 0.1) is 5.92 Å². The fourth-order valence-corrected chi connectivity index (χ4v) is 2.22. The summed E-state index contributed by atoms with van der Waals surface area (Å²) >= 11 is 1.65. The molecular weight excluding hydrogens is 194 g/mol. The van der Waals surface area contributed by atoms with E-state index < -0.39 is 0 Å². The van der Waals surface area contributed by atoms with Crippen LogP contribution < -0.4 is 0 Å². The van der Waals surface area contributed by atoms with Gasteiger partial charge < -0.3 is 4.90 Å². The van der Waals surface area contributed by atoms with Crippen LogP contribution >= 0.6 is 11.8 Å². The van der Waals surface area contributed by atoms with Crippen molar-refractivity contribution in [3.8, 4) is 0 Å². The van der Waals surface area contributed by atoms with Crippen molar-refractivity contribution in [2.45, 2.75) is 19.8 Å². The van der Waals surface area contributed by atoms with E-state index in [4.69, 9.17) is 0 Å². The molecule has 0 aromatic heterocycles. The summed E-state index contributed by atoms with van der Waals surface area (Å²) in [5.74, 6) is 2.57. The number of thioether (sulfide) groups is 1. The molecule has 0 radical (unpaired) electrons. The van der Waals surface area contributed by atoms with Gasteiger partial charge in [-0.2, -0.15) is 0 Å². The molecule has 0 aliphatic carbocycles. The van der Waals surface area contributed by atoms with Crippen molar-refractivity contribution in [2.24, 2.45) is 5.92 Å². The minimum Gasteiger partial charge on any atom is -0.342 e. The van der Waals surface area contributed by atoms with Crippen molar-refractivity contribution < 1.29 is 4.79 Å². The Labute approximate surface area is 90.7 Å². The highest BCUT2D eigenvalue weighted by Crippen LogP contribution is 2.16. The van der Waals surface area contributed by atoms with Gasteiger partial charge in [-0.25, -0.2) is 0 Å². The molecule has 0 N–H and O–H groups in total. The topological polar surface area (TPSA) is 20.3 Å². The molecule has 2 nitrogen and oxygen atoms in total. The molecule has 1 aliphatic heterocycles. The van der Waals surface area contributed by atoms with Crippen molar-refractivity contribution in [3.63, 3.8) is 0 Å². The number of carbonyl (C=O) groups is 1. The molecule has 0 spiro atoms. The SMILES string of the molecule is C=CCSCC(=O)N1CCC(C)CC1. The Morgan fingerprint density at radius 1 is 1.57 bits per heavy atom. The molecule has 1 aliphatic rings. The monoisotopic (exact) mass is 213 g/mol. The van der Waals surface area contributed by atoms with Gasteiger partial charge in [0.1, 0.15) is 0 Å². The van der Waals surface area contributed by atoms with E-state index in [1.807, 2.05) is 11.0 Å². The maximum absolute atomic E-state index is 11.7. The van der Waals surface area contributed by atoms with E-state index in [9.17, 15) is 4.79 Å². The zero-order chi connectivity index (χ0) is 10.4. The average Bonchev–Trinajstić information content (AvgIpc) is 2.19. The van der Waals surface area contributed by atoms with Crippen LogP contribution in [0.1, 0.15) is 19.8 Å². The van der Waals surface area contributed by atoms with Crippen LogP contribution in [0.4, 0.5) is 0 Å². The third-order valence-electron chi connectivity index (χ3n) is 2.60. The summed E-state index contributed by atoms with van der Waals surface area (Å²) in [5.41, 5.74) is 0. The highest BCUT2D eigenvalue weighted by Gasteiger charge is 2.19. The molecule has 1 fully saturated rings. The van der Waals surface area contributed by atoms with Crippen molar-refractivity contribution in [1.82, 2.24) is 4.90 Å². The number of hydrogen-bond acceptors (Lipinski definition) is 2. The summed E-state index contributed by atoms with van der Waals surface area (Å²) in [6.45, 7) is 7.80. The lowest BCUT2D eigenvalue weighted by Crippen LogP contribution is -2.38. The van der Waals surface area contributed by atoms with Crippen molar-refractivity contribution in [2.75, 3.05) is 24.6 Å². The van der Waals surface area contributed by atoms with Crippen LogP contribution in [-0.4, -0.2) is 35.4 Å². The van der Waals surface area contributed by atoms with Gasteiger partial charge in [-0.3, -0.25) is 4.79 Å². The Balaban J connectivity index is 2.20. The summed E-state index contributed by atoms with van der Waals surface area (Å²) in [4.78, 5) is 13.6. The van der Waals surface area contributed by atoms with E-state index >= 15 is 0 Å². The van der Waals surface area contributed by atoms with Gasteiger partial charge >= 0.3 is 0 Å². The number of amides is 1. The fourth-order valence-electron chi connectivity index (χ4n) is 1.58. The lowest BCUT2D eigenvalue weighted by atomic mass is 9.99. The maximum Gasteiger partial charge on any atom is 0.232 e. The maximum atomic E-state index is 11.7. The van der Waals surface area contributed by atoms with Gasteiger partial charge in [0.05, 0.1) is 5.75 Å². The molecule has 1 heterocycles. The summed E-state index contributed by atoms with van der Waals surface area (Å²) in [7, 11) is 0. The van der Waals surface area contributed by atoms with Gasteiger partial charge in [-0.15, -0.1) is 18.3 Å². The molecule has 1 rings (SSSR count). The molecule has 0 unspecified atom stereocenters. The van der Waals surface area contributed by atoms with Crippen molar-refractivity contribution in [1.29, 1.82) is 0 Å². The third kappa shape index (κ3) is 3.74. The largest absolute Gasteiger partial charge is 0.342 e. The van der Waals surface area contributed by atoms with Gasteiger partial charge in [0.25, 0.3) is 0 Å². The first-order valence-corrected chi connectivity index (χ1v) is 6.36. The van der Waals surface area contributed by atoms with Crippen LogP contribution in [0.25, 0.3) is 0 Å². The summed E-state index contributed by atoms with van der Waals surface area (Å²) in [6.07, 6.45) is 4.17. The highest BCUT2D eigenvalue weighted by molar-refractivity contribution is 8.00. The van der Waals surface area contributed by atoms with E-state index in [0.29, 0.717) is 11.7 Å². The molecule has 3 heteroatoms. The molecule has 0 saturated carbocycles. The highest BCUT2D eigenvalue weighted by atomic mass is 32.2. The molecule has 0 bridgehead atoms. The van der Waals surface area contributed by atoms with E-state index in [2.05, 4.69) is 13.5 Å². The first-order chi connectivity index (χ1) is 6.74. The molecule has 1 saturated heterocycles. The van der Waals surface area contributed by atoms with Crippen molar-refractivity contribution in [3.05, 3.63) is 12.7 Å². The predicted molar refractivity (Wildman–Crippen MR) is 62.5 cm³/mol. The molecule has 0 atom stereocenters. The average molecular weight is 213 g/mol. The van der Waals surface area contributed by atoms with Crippen molar-refractivity contribution >= 4 is 17.7 Å².